The molecule has 0 saturated carbocycles. The van der Waals surface area contributed by atoms with Crippen LogP contribution in [0.25, 0.3) is 17.0 Å². The molecule has 33 heavy (non-hydrogen) atoms. The topological polar surface area (TPSA) is 54.3 Å². The van der Waals surface area contributed by atoms with Gasteiger partial charge >= 0.3 is 6.03 Å². The van der Waals surface area contributed by atoms with Gasteiger partial charge in [-0.15, -0.1) is 0 Å². The number of hydrogen-bond donors (Lipinski definition) is 1. The molecule has 1 saturated heterocycles. The fourth-order valence-electron chi connectivity index (χ4n) is 3.99. The number of nitrogens with zero attached hydrogens (tertiary/aromatic N) is 2. The summed E-state index contributed by atoms with van der Waals surface area (Å²) in [6.07, 6.45) is 3.59. The van der Waals surface area contributed by atoms with Crippen LogP contribution in [0.2, 0.25) is 5.02 Å². The molecule has 5 rings (SSSR count). The molecule has 1 aromatic heterocycles. The summed E-state index contributed by atoms with van der Waals surface area (Å²) in [5.41, 5.74) is 3.59. The molecule has 7 heteroatoms. The van der Waals surface area contributed by atoms with Crippen molar-refractivity contribution in [2.24, 2.45) is 0 Å². The molecule has 0 bridgehead atoms. The zero-order valence-corrected chi connectivity index (χ0v) is 18.2. The maximum Gasteiger partial charge on any atom is 0.329 e. The molecule has 1 aliphatic rings. The number of para-hydroxylation sites is 1. The number of rotatable bonds is 5. The molecule has 3 aromatic carbocycles. The summed E-state index contributed by atoms with van der Waals surface area (Å²) in [6.45, 7) is 0.636. The Bertz CT molecular complexity index is 1410. The smallest absolute Gasteiger partial charge is 0.329 e. The van der Waals surface area contributed by atoms with Crippen LogP contribution < -0.4 is 5.32 Å². The molecule has 2 heterocycles. The third-order valence-electron chi connectivity index (χ3n) is 5.62. The maximum absolute atomic E-state index is 13.4. The molecule has 1 aliphatic heterocycles. The van der Waals surface area contributed by atoms with E-state index in [9.17, 15) is 14.0 Å². The van der Waals surface area contributed by atoms with E-state index in [-0.39, 0.29) is 24.0 Å². The quantitative estimate of drug-likeness (QED) is 0.313. The van der Waals surface area contributed by atoms with E-state index < -0.39 is 6.03 Å². The third-order valence-corrected chi connectivity index (χ3v) is 5.97. The Morgan fingerprint density at radius 2 is 1.70 bits per heavy atom. The molecule has 4 aromatic rings. The normalized spacial score (nSPS) is 15.0. The monoisotopic (exact) mass is 459 g/mol. The van der Waals surface area contributed by atoms with Gasteiger partial charge in [-0.1, -0.05) is 66.2 Å². The van der Waals surface area contributed by atoms with E-state index in [0.717, 1.165) is 27.6 Å². The lowest BCUT2D eigenvalue weighted by molar-refractivity contribution is -0.123. The van der Waals surface area contributed by atoms with Crippen molar-refractivity contribution in [3.63, 3.8) is 0 Å². The lowest BCUT2D eigenvalue weighted by Crippen LogP contribution is -2.30. The summed E-state index contributed by atoms with van der Waals surface area (Å²) in [5.74, 6) is -0.760. The number of benzene rings is 3. The molecule has 1 fully saturated rings. The van der Waals surface area contributed by atoms with Crippen molar-refractivity contribution in [2.45, 2.75) is 13.1 Å². The van der Waals surface area contributed by atoms with E-state index in [1.807, 2.05) is 65.4 Å². The van der Waals surface area contributed by atoms with E-state index in [1.165, 1.54) is 17.0 Å². The van der Waals surface area contributed by atoms with Crippen molar-refractivity contribution in [2.75, 3.05) is 0 Å². The highest BCUT2D eigenvalue weighted by Gasteiger charge is 2.33. The number of urea groups is 1. The first-order valence-electron chi connectivity index (χ1n) is 10.4. The van der Waals surface area contributed by atoms with E-state index in [1.54, 1.807) is 12.1 Å². The van der Waals surface area contributed by atoms with Gasteiger partial charge in [-0.2, -0.15) is 0 Å². The zero-order chi connectivity index (χ0) is 22.9. The average molecular weight is 460 g/mol. The predicted octanol–water partition coefficient (Wildman–Crippen LogP) is 5.58. The Labute approximate surface area is 194 Å². The van der Waals surface area contributed by atoms with Gasteiger partial charge in [0, 0.05) is 34.2 Å². The minimum Gasteiger partial charge on any atom is -0.342 e. The molecule has 0 aliphatic carbocycles. The van der Waals surface area contributed by atoms with Crippen LogP contribution in [0.5, 0.6) is 0 Å². The largest absolute Gasteiger partial charge is 0.342 e. The number of carbonyl (C=O) groups is 2. The minimum absolute atomic E-state index is 0.202. The molecule has 0 spiro atoms. The van der Waals surface area contributed by atoms with Gasteiger partial charge in [0.1, 0.15) is 11.5 Å². The number of carbonyl (C=O) groups excluding carboxylic acids is 2. The minimum atomic E-state index is -0.447. The number of fused-ring (bicyclic) bond motifs is 1. The second kappa shape index (κ2) is 8.56. The summed E-state index contributed by atoms with van der Waals surface area (Å²) < 4.78 is 15.4. The second-order valence-electron chi connectivity index (χ2n) is 7.83. The van der Waals surface area contributed by atoms with Gasteiger partial charge in [0.05, 0.1) is 6.54 Å². The SMILES string of the molecule is O=C1N/C(=C\c2cn(Cc3ccc(F)cc3Cl)c3ccccc23)C(=O)N1Cc1ccccc1. The summed E-state index contributed by atoms with van der Waals surface area (Å²) in [6, 6.07) is 21.0. The Morgan fingerprint density at radius 3 is 2.48 bits per heavy atom. The standard InChI is InChI=1S/C26H19ClFN3O2/c27-22-13-20(28)11-10-18(22)15-30-16-19(21-8-4-5-9-24(21)30)12-23-25(32)31(26(33)29-23)14-17-6-2-1-3-7-17/h1-13,16H,14-15H2,(H,29,33)/b23-12-. The fraction of sp³-hybridized carbons (Fsp3) is 0.0769. The van der Waals surface area contributed by atoms with Crippen LogP contribution in [0.15, 0.2) is 84.7 Å². The predicted molar refractivity (Wildman–Crippen MR) is 126 cm³/mol. The van der Waals surface area contributed by atoms with Crippen molar-refractivity contribution < 1.29 is 14.0 Å². The molecule has 1 N–H and O–H groups in total. The number of nitrogens with one attached hydrogen (secondary N) is 1. The van der Waals surface area contributed by atoms with E-state index in [4.69, 9.17) is 11.6 Å². The molecule has 0 atom stereocenters. The van der Waals surface area contributed by atoms with Crippen molar-refractivity contribution in [3.8, 4) is 0 Å². The molecular weight excluding hydrogens is 441 g/mol. The van der Waals surface area contributed by atoms with E-state index in [0.29, 0.717) is 11.6 Å². The van der Waals surface area contributed by atoms with Gasteiger partial charge in [-0.3, -0.25) is 9.69 Å². The number of aromatic nitrogens is 1. The third kappa shape index (κ3) is 4.13. The van der Waals surface area contributed by atoms with Crippen LogP contribution in [-0.4, -0.2) is 21.4 Å². The van der Waals surface area contributed by atoms with Crippen molar-refractivity contribution >= 4 is 40.5 Å². The molecular formula is C26H19ClFN3O2. The summed E-state index contributed by atoms with van der Waals surface area (Å²) >= 11 is 6.23. The molecule has 5 nitrogen and oxygen atoms in total. The highest BCUT2D eigenvalue weighted by molar-refractivity contribution is 6.31. The van der Waals surface area contributed by atoms with Gasteiger partial charge in [-0.05, 0) is 35.4 Å². The van der Waals surface area contributed by atoms with Gasteiger partial charge in [0.25, 0.3) is 5.91 Å². The van der Waals surface area contributed by atoms with Crippen LogP contribution >= 0.6 is 11.6 Å². The van der Waals surface area contributed by atoms with Gasteiger partial charge in [0.2, 0.25) is 0 Å². The first-order valence-corrected chi connectivity index (χ1v) is 10.8. The average Bonchev–Trinajstić information content (AvgIpc) is 3.28. The Morgan fingerprint density at radius 1 is 0.939 bits per heavy atom. The first-order chi connectivity index (χ1) is 16.0. The van der Waals surface area contributed by atoms with Gasteiger partial charge < -0.3 is 9.88 Å². The van der Waals surface area contributed by atoms with Crippen LogP contribution in [-0.2, 0) is 17.9 Å². The van der Waals surface area contributed by atoms with Gasteiger partial charge in [0.15, 0.2) is 0 Å². The lowest BCUT2D eigenvalue weighted by Gasteiger charge is -2.11. The number of halogens is 2. The second-order valence-corrected chi connectivity index (χ2v) is 8.24. The van der Waals surface area contributed by atoms with Crippen molar-refractivity contribution in [3.05, 3.63) is 112 Å². The fourth-order valence-corrected chi connectivity index (χ4v) is 4.22. The number of amides is 3. The van der Waals surface area contributed by atoms with Crippen LogP contribution in [0.3, 0.4) is 0 Å². The Kier molecular flexibility index (Phi) is 5.44. The van der Waals surface area contributed by atoms with Crippen LogP contribution in [0.1, 0.15) is 16.7 Å². The van der Waals surface area contributed by atoms with E-state index in [2.05, 4.69) is 5.32 Å². The maximum atomic E-state index is 13.4. The first kappa shape index (κ1) is 21.0. The highest BCUT2D eigenvalue weighted by atomic mass is 35.5. The molecule has 0 unspecified atom stereocenters. The number of imide groups is 1. The summed E-state index contributed by atoms with van der Waals surface area (Å²) in [4.78, 5) is 26.6. The van der Waals surface area contributed by atoms with Crippen LogP contribution in [0, 0.1) is 5.82 Å². The number of hydrogen-bond acceptors (Lipinski definition) is 2. The zero-order valence-electron chi connectivity index (χ0n) is 17.5. The highest BCUT2D eigenvalue weighted by Crippen LogP contribution is 2.27. The Balaban J connectivity index is 1.48. The van der Waals surface area contributed by atoms with Gasteiger partial charge in [-0.25, -0.2) is 9.18 Å². The summed E-state index contributed by atoms with van der Waals surface area (Å²) in [7, 11) is 0. The summed E-state index contributed by atoms with van der Waals surface area (Å²) in [5, 5.41) is 3.96. The van der Waals surface area contributed by atoms with Crippen molar-refractivity contribution in [1.29, 1.82) is 0 Å². The van der Waals surface area contributed by atoms with Crippen molar-refractivity contribution in [1.82, 2.24) is 14.8 Å². The molecule has 164 valence electrons. The lowest BCUT2D eigenvalue weighted by atomic mass is 10.1. The molecule has 3 amide bonds. The van der Waals surface area contributed by atoms with Crippen LogP contribution in [0.4, 0.5) is 9.18 Å². The van der Waals surface area contributed by atoms with E-state index >= 15 is 0 Å². The molecule has 0 radical (unpaired) electrons. The Hall–Kier alpha value is -3.90.